The summed E-state index contributed by atoms with van der Waals surface area (Å²) in [7, 11) is 0. The van der Waals surface area contributed by atoms with Crippen molar-refractivity contribution >= 4 is 28.7 Å². The van der Waals surface area contributed by atoms with Crippen molar-refractivity contribution in [3.8, 4) is 0 Å². The molecule has 0 unspecified atom stereocenters. The van der Waals surface area contributed by atoms with E-state index in [9.17, 15) is 9.18 Å². The van der Waals surface area contributed by atoms with Crippen LogP contribution in [0.4, 0.5) is 4.39 Å². The van der Waals surface area contributed by atoms with Crippen LogP contribution in [-0.4, -0.2) is 34.4 Å². The highest BCUT2D eigenvalue weighted by molar-refractivity contribution is 7.98. The molecule has 108 valence electrons. The van der Waals surface area contributed by atoms with Crippen LogP contribution < -0.4 is 5.32 Å². The summed E-state index contributed by atoms with van der Waals surface area (Å²) in [6, 6.07) is 4.50. The number of benzene rings is 1. The molecule has 0 radical (unpaired) electrons. The van der Waals surface area contributed by atoms with Gasteiger partial charge in [-0.25, -0.2) is 9.37 Å². The van der Waals surface area contributed by atoms with Crippen LogP contribution in [0.5, 0.6) is 0 Å². The van der Waals surface area contributed by atoms with Gasteiger partial charge in [0.2, 0.25) is 5.91 Å². The molecule has 2 aromatic rings. The molecule has 0 saturated carbocycles. The summed E-state index contributed by atoms with van der Waals surface area (Å²) in [6.07, 6.45) is 4.09. The van der Waals surface area contributed by atoms with Crippen LogP contribution in [0.15, 0.2) is 18.2 Å². The van der Waals surface area contributed by atoms with Crippen molar-refractivity contribution < 1.29 is 9.18 Å². The fourth-order valence-corrected chi connectivity index (χ4v) is 2.31. The Morgan fingerprint density at radius 3 is 3.15 bits per heavy atom. The van der Waals surface area contributed by atoms with Crippen molar-refractivity contribution in [1.29, 1.82) is 0 Å². The Balaban J connectivity index is 1.77. The highest BCUT2D eigenvalue weighted by Crippen LogP contribution is 2.13. The number of nitrogens with one attached hydrogen (secondary N) is 2. The lowest BCUT2D eigenvalue weighted by molar-refractivity contribution is -0.120. The molecule has 0 aliphatic carbocycles. The van der Waals surface area contributed by atoms with Gasteiger partial charge in [-0.15, -0.1) is 0 Å². The summed E-state index contributed by atoms with van der Waals surface area (Å²) in [5.41, 5.74) is 1.48. The van der Waals surface area contributed by atoms with Gasteiger partial charge in [0.25, 0.3) is 0 Å². The number of aryl methyl sites for hydroxylation is 1. The number of aromatic nitrogens is 2. The molecule has 1 aromatic heterocycles. The lowest BCUT2D eigenvalue weighted by atomic mass is 10.3. The van der Waals surface area contributed by atoms with Gasteiger partial charge in [0, 0.05) is 25.1 Å². The van der Waals surface area contributed by atoms with Crippen LogP contribution >= 0.6 is 11.8 Å². The molecule has 1 heterocycles. The van der Waals surface area contributed by atoms with Crippen LogP contribution in [-0.2, 0) is 11.2 Å². The zero-order valence-electron chi connectivity index (χ0n) is 11.4. The Hall–Kier alpha value is -1.56. The standard InChI is InChI=1S/C14H18FN3OS/c1-20-8-6-14(19)16-7-2-3-13-17-11-5-4-10(15)9-12(11)18-13/h4-5,9H,2-3,6-8H2,1H3,(H,16,19)(H,17,18). The zero-order valence-corrected chi connectivity index (χ0v) is 12.2. The highest BCUT2D eigenvalue weighted by atomic mass is 32.2. The van der Waals surface area contributed by atoms with E-state index in [1.165, 1.54) is 12.1 Å². The number of carbonyl (C=O) groups is 1. The van der Waals surface area contributed by atoms with Crippen molar-refractivity contribution in [2.24, 2.45) is 0 Å². The number of nitrogens with zero attached hydrogens (tertiary/aromatic N) is 1. The summed E-state index contributed by atoms with van der Waals surface area (Å²) in [5, 5.41) is 2.88. The average Bonchev–Trinajstić information content (AvgIpc) is 2.83. The normalized spacial score (nSPS) is 10.9. The van der Waals surface area contributed by atoms with E-state index in [1.807, 2.05) is 6.26 Å². The molecule has 2 N–H and O–H groups in total. The van der Waals surface area contributed by atoms with Crippen molar-refractivity contribution in [2.45, 2.75) is 19.3 Å². The number of hydrogen-bond donors (Lipinski definition) is 2. The molecule has 0 saturated heterocycles. The van der Waals surface area contributed by atoms with Gasteiger partial charge in [0.1, 0.15) is 11.6 Å². The van der Waals surface area contributed by atoms with Gasteiger partial charge >= 0.3 is 0 Å². The Morgan fingerprint density at radius 1 is 1.50 bits per heavy atom. The SMILES string of the molecule is CSCCC(=O)NCCCc1nc2ccc(F)cc2[nH]1. The first-order chi connectivity index (χ1) is 9.69. The Kier molecular flexibility index (Phi) is 5.40. The van der Waals surface area contributed by atoms with Gasteiger partial charge in [-0.3, -0.25) is 4.79 Å². The van der Waals surface area contributed by atoms with Crippen LogP contribution in [0.3, 0.4) is 0 Å². The quantitative estimate of drug-likeness (QED) is 0.772. The van der Waals surface area contributed by atoms with Crippen molar-refractivity contribution in [3.63, 3.8) is 0 Å². The second-order valence-electron chi connectivity index (χ2n) is 4.54. The maximum atomic E-state index is 13.0. The molecule has 6 heteroatoms. The van der Waals surface area contributed by atoms with Gasteiger partial charge < -0.3 is 10.3 Å². The molecule has 0 spiro atoms. The monoisotopic (exact) mass is 295 g/mol. The minimum absolute atomic E-state index is 0.0889. The van der Waals surface area contributed by atoms with Gasteiger partial charge in [-0.1, -0.05) is 0 Å². The first kappa shape index (κ1) is 14.8. The molecular weight excluding hydrogens is 277 g/mol. The van der Waals surface area contributed by atoms with E-state index in [-0.39, 0.29) is 11.7 Å². The molecule has 0 fully saturated rings. The van der Waals surface area contributed by atoms with Crippen LogP contribution in [0, 0.1) is 5.82 Å². The summed E-state index contributed by atoms with van der Waals surface area (Å²) >= 11 is 1.66. The minimum atomic E-state index is -0.270. The van der Waals surface area contributed by atoms with E-state index in [2.05, 4.69) is 15.3 Å². The lowest BCUT2D eigenvalue weighted by Gasteiger charge is -2.03. The largest absolute Gasteiger partial charge is 0.356 e. The minimum Gasteiger partial charge on any atom is -0.356 e. The Morgan fingerprint density at radius 2 is 2.35 bits per heavy atom. The van der Waals surface area contributed by atoms with Crippen LogP contribution in [0.2, 0.25) is 0 Å². The number of halogens is 1. The number of hydrogen-bond acceptors (Lipinski definition) is 3. The Bertz CT molecular complexity index is 585. The third-order valence-electron chi connectivity index (χ3n) is 2.94. The van der Waals surface area contributed by atoms with E-state index in [4.69, 9.17) is 0 Å². The molecule has 0 aliphatic rings. The number of amides is 1. The van der Waals surface area contributed by atoms with Crippen LogP contribution in [0.25, 0.3) is 11.0 Å². The molecule has 2 rings (SSSR count). The fourth-order valence-electron chi connectivity index (χ4n) is 1.92. The molecule has 0 atom stereocenters. The number of imidazole rings is 1. The molecule has 20 heavy (non-hydrogen) atoms. The van der Waals surface area contributed by atoms with E-state index in [1.54, 1.807) is 17.8 Å². The second-order valence-corrected chi connectivity index (χ2v) is 5.53. The van der Waals surface area contributed by atoms with Crippen LogP contribution in [0.1, 0.15) is 18.7 Å². The smallest absolute Gasteiger partial charge is 0.220 e. The average molecular weight is 295 g/mol. The predicted molar refractivity (Wildman–Crippen MR) is 80.4 cm³/mol. The molecule has 1 aromatic carbocycles. The molecule has 4 nitrogen and oxygen atoms in total. The number of H-pyrrole nitrogens is 1. The molecular formula is C14H18FN3OS. The predicted octanol–water partition coefficient (Wildman–Crippen LogP) is 2.50. The molecule has 1 amide bonds. The number of fused-ring (bicyclic) bond motifs is 1. The van der Waals surface area contributed by atoms with E-state index in [0.717, 1.165) is 29.9 Å². The Labute approximate surface area is 121 Å². The van der Waals surface area contributed by atoms with Gasteiger partial charge in [0.05, 0.1) is 11.0 Å². The topological polar surface area (TPSA) is 57.8 Å². The van der Waals surface area contributed by atoms with E-state index < -0.39 is 0 Å². The second kappa shape index (κ2) is 7.28. The number of thioether (sulfide) groups is 1. The van der Waals surface area contributed by atoms with E-state index in [0.29, 0.717) is 18.5 Å². The fraction of sp³-hybridized carbons (Fsp3) is 0.429. The first-order valence-corrected chi connectivity index (χ1v) is 7.98. The first-order valence-electron chi connectivity index (χ1n) is 6.59. The summed E-state index contributed by atoms with van der Waals surface area (Å²) in [5.74, 6) is 1.49. The van der Waals surface area contributed by atoms with Crippen molar-refractivity contribution in [3.05, 3.63) is 29.8 Å². The summed E-state index contributed by atoms with van der Waals surface area (Å²) in [4.78, 5) is 18.9. The van der Waals surface area contributed by atoms with E-state index >= 15 is 0 Å². The molecule has 0 aliphatic heterocycles. The highest BCUT2D eigenvalue weighted by Gasteiger charge is 2.04. The third kappa shape index (κ3) is 4.23. The number of rotatable bonds is 7. The zero-order chi connectivity index (χ0) is 14.4. The number of carbonyl (C=O) groups excluding carboxylic acids is 1. The summed E-state index contributed by atoms with van der Waals surface area (Å²) in [6.45, 7) is 0.638. The molecule has 0 bridgehead atoms. The maximum absolute atomic E-state index is 13.0. The third-order valence-corrected chi connectivity index (χ3v) is 3.55. The van der Waals surface area contributed by atoms with Gasteiger partial charge in [-0.2, -0.15) is 11.8 Å². The maximum Gasteiger partial charge on any atom is 0.220 e. The lowest BCUT2D eigenvalue weighted by Crippen LogP contribution is -2.25. The van der Waals surface area contributed by atoms with Gasteiger partial charge in [0.15, 0.2) is 0 Å². The number of aromatic amines is 1. The van der Waals surface area contributed by atoms with Crippen molar-refractivity contribution in [1.82, 2.24) is 15.3 Å². The van der Waals surface area contributed by atoms with Crippen molar-refractivity contribution in [2.75, 3.05) is 18.6 Å². The van der Waals surface area contributed by atoms with Gasteiger partial charge in [-0.05, 0) is 30.9 Å². The summed E-state index contributed by atoms with van der Waals surface area (Å²) < 4.78 is 13.0.